The molecule has 2 bridgehead atoms. The van der Waals surface area contributed by atoms with Crippen molar-refractivity contribution in [1.82, 2.24) is 4.90 Å². The lowest BCUT2D eigenvalue weighted by molar-refractivity contribution is -0.142. The Morgan fingerprint density at radius 1 is 1.38 bits per heavy atom. The number of rotatable bonds is 1. The molecule has 1 amide bonds. The fourth-order valence-corrected chi connectivity index (χ4v) is 3.76. The van der Waals surface area contributed by atoms with Gasteiger partial charge in [0, 0.05) is 18.4 Å². The lowest BCUT2D eigenvalue weighted by Gasteiger charge is -2.51. The quantitative estimate of drug-likeness (QED) is 0.830. The van der Waals surface area contributed by atoms with Gasteiger partial charge in [-0.05, 0) is 39.0 Å². The number of piperidine rings is 1. The predicted molar refractivity (Wildman–Crippen MR) is 90.7 cm³/mol. The van der Waals surface area contributed by atoms with Gasteiger partial charge in [0.15, 0.2) is 0 Å². The van der Waals surface area contributed by atoms with E-state index in [1.807, 2.05) is 6.07 Å². The molecule has 2 aliphatic rings. The maximum absolute atomic E-state index is 14.4. The fraction of sp³-hybridized carbons (Fsp3) is 0.579. The van der Waals surface area contributed by atoms with Crippen molar-refractivity contribution >= 4 is 6.09 Å². The fourth-order valence-electron chi connectivity index (χ4n) is 3.76. The molecule has 0 radical (unpaired) electrons. The summed E-state index contributed by atoms with van der Waals surface area (Å²) < 4.78 is 25.4. The summed E-state index contributed by atoms with van der Waals surface area (Å²) in [7, 11) is 0. The highest BCUT2D eigenvalue weighted by Gasteiger charge is 2.50. The van der Waals surface area contributed by atoms with Gasteiger partial charge < -0.3 is 14.6 Å². The topological polar surface area (TPSA) is 82.8 Å². The molecule has 3 rings (SSSR count). The molecule has 2 saturated heterocycles. The number of nitriles is 1. The van der Waals surface area contributed by atoms with Crippen molar-refractivity contribution in [2.45, 2.75) is 56.9 Å². The van der Waals surface area contributed by atoms with Crippen LogP contribution >= 0.6 is 0 Å². The Kier molecular flexibility index (Phi) is 4.67. The second-order valence-corrected chi connectivity index (χ2v) is 7.98. The number of amides is 1. The zero-order chi connectivity index (χ0) is 19.1. The van der Waals surface area contributed by atoms with Crippen LogP contribution in [0.25, 0.3) is 0 Å². The van der Waals surface area contributed by atoms with Gasteiger partial charge in [-0.25, -0.2) is 9.18 Å². The van der Waals surface area contributed by atoms with Crippen molar-refractivity contribution in [2.75, 3.05) is 13.2 Å². The van der Waals surface area contributed by atoms with Crippen LogP contribution in [-0.2, 0) is 15.1 Å². The zero-order valence-electron chi connectivity index (χ0n) is 15.2. The van der Waals surface area contributed by atoms with Crippen LogP contribution in [0.4, 0.5) is 9.18 Å². The highest BCUT2D eigenvalue weighted by atomic mass is 19.1. The third-order valence-electron chi connectivity index (χ3n) is 4.76. The average Bonchev–Trinajstić information content (AvgIpc) is 2.52. The Bertz CT molecular complexity index is 739. The Hall–Kier alpha value is -2.17. The molecule has 1 aromatic carbocycles. The first kappa shape index (κ1) is 18.6. The van der Waals surface area contributed by atoms with E-state index >= 15 is 0 Å². The van der Waals surface area contributed by atoms with E-state index in [-0.39, 0.29) is 37.2 Å². The molecule has 6 nitrogen and oxygen atoms in total. The van der Waals surface area contributed by atoms with Crippen molar-refractivity contribution in [2.24, 2.45) is 0 Å². The molecule has 140 valence electrons. The van der Waals surface area contributed by atoms with Gasteiger partial charge in [0.05, 0.1) is 42.5 Å². The summed E-state index contributed by atoms with van der Waals surface area (Å²) in [5.41, 5.74) is -1.72. The predicted octanol–water partition coefficient (Wildman–Crippen LogP) is 2.68. The minimum atomic E-state index is -1.46. The van der Waals surface area contributed by atoms with Gasteiger partial charge in [-0.3, -0.25) is 4.90 Å². The number of morpholine rings is 1. The lowest BCUT2D eigenvalue weighted by atomic mass is 9.76. The van der Waals surface area contributed by atoms with Crippen LogP contribution in [0.2, 0.25) is 0 Å². The summed E-state index contributed by atoms with van der Waals surface area (Å²) in [4.78, 5) is 14.2. The number of hydrogen-bond acceptors (Lipinski definition) is 5. The summed E-state index contributed by atoms with van der Waals surface area (Å²) in [6, 6.07) is 5.07. The zero-order valence-corrected chi connectivity index (χ0v) is 15.2. The van der Waals surface area contributed by atoms with Crippen molar-refractivity contribution in [3.63, 3.8) is 0 Å². The molecule has 2 atom stereocenters. The first-order chi connectivity index (χ1) is 12.1. The smallest absolute Gasteiger partial charge is 0.410 e. The molecule has 0 aromatic heterocycles. The summed E-state index contributed by atoms with van der Waals surface area (Å²) >= 11 is 0. The number of hydrogen-bond donors (Lipinski definition) is 1. The maximum atomic E-state index is 14.4. The number of carbonyl (C=O) groups excluding carboxylic acids is 1. The maximum Gasteiger partial charge on any atom is 0.410 e. The Labute approximate surface area is 152 Å². The van der Waals surface area contributed by atoms with Gasteiger partial charge in [-0.2, -0.15) is 5.26 Å². The van der Waals surface area contributed by atoms with E-state index in [9.17, 15) is 14.3 Å². The highest BCUT2D eigenvalue weighted by Crippen LogP contribution is 2.42. The van der Waals surface area contributed by atoms with E-state index in [0.29, 0.717) is 0 Å². The van der Waals surface area contributed by atoms with Crippen molar-refractivity contribution in [3.8, 4) is 6.07 Å². The molecule has 1 N–H and O–H groups in total. The number of ether oxygens (including phenoxy) is 2. The number of fused-ring (bicyclic) bond motifs is 2. The standard InChI is InChI=1S/C19H23FN2O4/c1-18(2,3)26-17(23)22-13-7-19(24,8-14(22)11-25-10-13)15-6-12(9-21)4-5-16(15)20/h4-6,13-14,24H,7-8,10-11H2,1-3H3. The van der Waals surface area contributed by atoms with Crippen LogP contribution in [0, 0.1) is 17.1 Å². The summed E-state index contributed by atoms with van der Waals surface area (Å²) in [5, 5.41) is 20.3. The van der Waals surface area contributed by atoms with E-state index in [4.69, 9.17) is 14.7 Å². The Morgan fingerprint density at radius 2 is 2.00 bits per heavy atom. The monoisotopic (exact) mass is 362 g/mol. The number of halogens is 1. The Balaban J connectivity index is 1.90. The summed E-state index contributed by atoms with van der Waals surface area (Å²) in [6.07, 6.45) is -0.215. The largest absolute Gasteiger partial charge is 0.444 e. The van der Waals surface area contributed by atoms with Crippen LogP contribution in [-0.4, -0.2) is 47.0 Å². The number of benzene rings is 1. The molecule has 0 spiro atoms. The number of aliphatic hydroxyl groups is 1. The SMILES string of the molecule is CC(C)(C)OC(=O)N1C2COCC1CC(O)(c1cc(C#N)ccc1F)C2. The van der Waals surface area contributed by atoms with Gasteiger partial charge in [0.25, 0.3) is 0 Å². The van der Waals surface area contributed by atoms with Crippen LogP contribution < -0.4 is 0 Å². The van der Waals surface area contributed by atoms with Gasteiger partial charge in [0.1, 0.15) is 11.4 Å². The van der Waals surface area contributed by atoms with E-state index in [1.54, 1.807) is 25.7 Å². The normalized spacial score (nSPS) is 28.4. The molecular formula is C19H23FN2O4. The summed E-state index contributed by atoms with van der Waals surface area (Å²) in [5.74, 6) is -0.559. The van der Waals surface area contributed by atoms with E-state index < -0.39 is 35.2 Å². The van der Waals surface area contributed by atoms with Crippen LogP contribution in [0.5, 0.6) is 0 Å². The molecule has 7 heteroatoms. The molecule has 1 aromatic rings. The van der Waals surface area contributed by atoms with Crippen LogP contribution in [0.3, 0.4) is 0 Å². The van der Waals surface area contributed by atoms with E-state index in [2.05, 4.69) is 0 Å². The molecule has 0 saturated carbocycles. The third-order valence-corrected chi connectivity index (χ3v) is 4.76. The van der Waals surface area contributed by atoms with E-state index in [1.165, 1.54) is 18.2 Å². The minimum absolute atomic E-state index is 0.0947. The first-order valence-corrected chi connectivity index (χ1v) is 8.64. The van der Waals surface area contributed by atoms with Gasteiger partial charge in [-0.1, -0.05) is 0 Å². The van der Waals surface area contributed by atoms with Crippen molar-refractivity contribution < 1.29 is 23.8 Å². The molecule has 2 heterocycles. The highest BCUT2D eigenvalue weighted by molar-refractivity contribution is 5.69. The second-order valence-electron chi connectivity index (χ2n) is 7.98. The van der Waals surface area contributed by atoms with Gasteiger partial charge >= 0.3 is 6.09 Å². The molecule has 2 aliphatic heterocycles. The Morgan fingerprint density at radius 3 is 2.54 bits per heavy atom. The van der Waals surface area contributed by atoms with Gasteiger partial charge in [-0.15, -0.1) is 0 Å². The van der Waals surface area contributed by atoms with E-state index in [0.717, 1.165) is 0 Å². The molecule has 0 aliphatic carbocycles. The molecular weight excluding hydrogens is 339 g/mol. The van der Waals surface area contributed by atoms with Crippen LogP contribution in [0.15, 0.2) is 18.2 Å². The minimum Gasteiger partial charge on any atom is -0.444 e. The van der Waals surface area contributed by atoms with Gasteiger partial charge in [0.2, 0.25) is 0 Å². The second kappa shape index (κ2) is 6.53. The van der Waals surface area contributed by atoms with Crippen molar-refractivity contribution in [1.29, 1.82) is 5.26 Å². The van der Waals surface area contributed by atoms with Crippen molar-refractivity contribution in [3.05, 3.63) is 35.1 Å². The average molecular weight is 362 g/mol. The lowest BCUT2D eigenvalue weighted by Crippen LogP contribution is -2.63. The first-order valence-electron chi connectivity index (χ1n) is 8.64. The van der Waals surface area contributed by atoms with Crippen LogP contribution in [0.1, 0.15) is 44.7 Å². The molecule has 2 unspecified atom stereocenters. The number of nitrogens with zero attached hydrogens (tertiary/aromatic N) is 2. The number of carbonyl (C=O) groups is 1. The third kappa shape index (κ3) is 3.53. The molecule has 2 fully saturated rings. The summed E-state index contributed by atoms with van der Waals surface area (Å²) in [6.45, 7) is 5.87. The molecule has 26 heavy (non-hydrogen) atoms.